The number of fused-ring (bicyclic) bond motifs is 1. The fourth-order valence-electron chi connectivity index (χ4n) is 2.74. The Morgan fingerprint density at radius 3 is 2.60 bits per heavy atom. The summed E-state index contributed by atoms with van der Waals surface area (Å²) in [5, 5.41) is 9.65. The zero-order valence-electron chi connectivity index (χ0n) is 11.5. The third kappa shape index (κ3) is 2.60. The highest BCUT2D eigenvalue weighted by molar-refractivity contribution is 9.10. The largest absolute Gasteiger partial charge is 0.389 e. The van der Waals surface area contributed by atoms with E-state index in [1.807, 2.05) is 12.1 Å². The minimum absolute atomic E-state index is 0.428. The van der Waals surface area contributed by atoms with Crippen molar-refractivity contribution >= 4 is 21.6 Å². The molecule has 0 aliphatic carbocycles. The van der Waals surface area contributed by atoms with E-state index in [0.29, 0.717) is 0 Å². The summed E-state index contributed by atoms with van der Waals surface area (Å²) < 4.78 is 1.05. The van der Waals surface area contributed by atoms with Crippen LogP contribution in [0.1, 0.15) is 29.7 Å². The number of halogens is 1. The zero-order valence-corrected chi connectivity index (χ0v) is 13.1. The van der Waals surface area contributed by atoms with E-state index in [-0.39, 0.29) is 0 Å². The fourth-order valence-corrected chi connectivity index (χ4v) is 3.39. The van der Waals surface area contributed by atoms with Gasteiger partial charge < -0.3 is 10.0 Å². The number of nitrogens with zero attached hydrogens (tertiary/aromatic N) is 1. The van der Waals surface area contributed by atoms with Crippen LogP contribution in [-0.2, 0) is 13.0 Å². The number of hydrogen-bond acceptors (Lipinski definition) is 2. The molecule has 0 spiro atoms. The summed E-state index contributed by atoms with van der Waals surface area (Å²) in [6.45, 7) is 3.77. The maximum atomic E-state index is 9.65. The first-order valence-electron chi connectivity index (χ1n) is 6.94. The lowest BCUT2D eigenvalue weighted by Gasteiger charge is -2.31. The van der Waals surface area contributed by atoms with Crippen molar-refractivity contribution in [1.29, 1.82) is 0 Å². The molecule has 0 fully saturated rings. The number of anilines is 1. The summed E-state index contributed by atoms with van der Waals surface area (Å²) in [5.41, 5.74) is 5.01. The predicted octanol–water partition coefficient (Wildman–Crippen LogP) is 4.07. The van der Waals surface area contributed by atoms with E-state index in [4.69, 9.17) is 0 Å². The van der Waals surface area contributed by atoms with E-state index in [0.717, 1.165) is 29.5 Å². The summed E-state index contributed by atoms with van der Waals surface area (Å²) in [7, 11) is 0. The summed E-state index contributed by atoms with van der Waals surface area (Å²) in [6.07, 6.45) is 0.656. The van der Waals surface area contributed by atoms with E-state index in [2.05, 4.69) is 51.2 Å². The van der Waals surface area contributed by atoms with Gasteiger partial charge in [-0.3, -0.25) is 0 Å². The third-order valence-corrected chi connectivity index (χ3v) is 4.56. The van der Waals surface area contributed by atoms with Gasteiger partial charge >= 0.3 is 0 Å². The molecule has 0 bridgehead atoms. The van der Waals surface area contributed by atoms with Gasteiger partial charge in [0.1, 0.15) is 0 Å². The highest BCUT2D eigenvalue weighted by atomic mass is 79.9. The molecule has 3 heteroatoms. The Bertz CT molecular complexity index is 624. The highest BCUT2D eigenvalue weighted by Gasteiger charge is 2.18. The first-order chi connectivity index (χ1) is 9.65. The van der Waals surface area contributed by atoms with Gasteiger partial charge in [-0.2, -0.15) is 0 Å². The number of aliphatic hydroxyl groups is 1. The molecule has 2 aromatic carbocycles. The molecule has 2 nitrogen and oxygen atoms in total. The van der Waals surface area contributed by atoms with Gasteiger partial charge in [-0.15, -0.1) is 0 Å². The van der Waals surface area contributed by atoms with E-state index in [9.17, 15) is 5.11 Å². The van der Waals surface area contributed by atoms with Gasteiger partial charge in [0.25, 0.3) is 0 Å². The van der Waals surface area contributed by atoms with Gasteiger partial charge in [-0.1, -0.05) is 30.3 Å². The summed E-state index contributed by atoms with van der Waals surface area (Å²) in [5.74, 6) is 0. The Morgan fingerprint density at radius 2 is 1.90 bits per heavy atom. The Labute approximate surface area is 128 Å². The molecule has 1 aliphatic rings. The summed E-state index contributed by atoms with van der Waals surface area (Å²) in [6, 6.07) is 14.8. The second-order valence-corrected chi connectivity index (χ2v) is 6.18. The first kappa shape index (κ1) is 13.7. The van der Waals surface area contributed by atoms with Crippen molar-refractivity contribution < 1.29 is 5.11 Å². The fraction of sp³-hybridized carbons (Fsp3) is 0.294. The monoisotopic (exact) mass is 331 g/mol. The van der Waals surface area contributed by atoms with E-state index in [1.54, 1.807) is 6.92 Å². The second kappa shape index (κ2) is 5.58. The van der Waals surface area contributed by atoms with E-state index in [1.165, 1.54) is 16.8 Å². The molecule has 0 amide bonds. The lowest BCUT2D eigenvalue weighted by atomic mass is 9.99. The number of rotatable bonds is 2. The molecule has 0 saturated carbocycles. The number of benzene rings is 2. The van der Waals surface area contributed by atoms with Crippen LogP contribution in [0.5, 0.6) is 0 Å². The van der Waals surface area contributed by atoms with Crippen LogP contribution < -0.4 is 4.90 Å². The molecule has 2 aromatic rings. The van der Waals surface area contributed by atoms with Crippen LogP contribution in [0.4, 0.5) is 5.69 Å². The Kier molecular flexibility index (Phi) is 3.81. The van der Waals surface area contributed by atoms with E-state index >= 15 is 0 Å². The molecule has 1 atom stereocenters. The molecule has 0 saturated heterocycles. The summed E-state index contributed by atoms with van der Waals surface area (Å²) >= 11 is 3.64. The molecule has 1 N–H and O–H groups in total. The van der Waals surface area contributed by atoms with Crippen molar-refractivity contribution in [3.8, 4) is 0 Å². The first-order valence-corrected chi connectivity index (χ1v) is 7.73. The lowest BCUT2D eigenvalue weighted by Crippen LogP contribution is -2.30. The molecule has 0 radical (unpaired) electrons. The van der Waals surface area contributed by atoms with Crippen LogP contribution >= 0.6 is 15.9 Å². The minimum atomic E-state index is -0.428. The molecule has 1 aliphatic heterocycles. The summed E-state index contributed by atoms with van der Waals surface area (Å²) in [4.78, 5) is 2.39. The maximum absolute atomic E-state index is 9.65. The Morgan fingerprint density at radius 1 is 1.15 bits per heavy atom. The normalized spacial score (nSPS) is 15.8. The van der Waals surface area contributed by atoms with Crippen molar-refractivity contribution in [1.82, 2.24) is 0 Å². The Balaban J connectivity index is 1.88. The van der Waals surface area contributed by atoms with Crippen LogP contribution in [0, 0.1) is 0 Å². The van der Waals surface area contributed by atoms with Gasteiger partial charge in [-0.25, -0.2) is 0 Å². The standard InChI is InChI=1S/C17H18BrNO/c1-12(20)14-6-7-17(16(18)10-14)19-9-8-13-4-2-3-5-15(13)11-19/h2-7,10,12,20H,8-9,11H2,1H3/t12-/m1/s1. The molecule has 0 aromatic heterocycles. The molecule has 3 rings (SSSR count). The third-order valence-electron chi connectivity index (χ3n) is 3.93. The van der Waals surface area contributed by atoms with Gasteiger partial charge in [0, 0.05) is 17.6 Å². The minimum Gasteiger partial charge on any atom is -0.389 e. The number of aliphatic hydroxyl groups excluding tert-OH is 1. The average molecular weight is 332 g/mol. The molecule has 104 valence electrons. The van der Waals surface area contributed by atoms with Crippen molar-refractivity contribution in [3.63, 3.8) is 0 Å². The van der Waals surface area contributed by atoms with Crippen LogP contribution in [0.15, 0.2) is 46.9 Å². The Hall–Kier alpha value is -1.32. The predicted molar refractivity (Wildman–Crippen MR) is 86.0 cm³/mol. The number of hydrogen-bond donors (Lipinski definition) is 1. The second-order valence-electron chi connectivity index (χ2n) is 5.33. The molecular weight excluding hydrogens is 314 g/mol. The smallest absolute Gasteiger partial charge is 0.0762 e. The molecule has 1 heterocycles. The SMILES string of the molecule is C[C@@H](O)c1ccc(N2CCc3ccccc3C2)c(Br)c1. The van der Waals surface area contributed by atoms with Crippen molar-refractivity contribution in [2.75, 3.05) is 11.4 Å². The maximum Gasteiger partial charge on any atom is 0.0762 e. The van der Waals surface area contributed by atoms with Gasteiger partial charge in [-0.05, 0) is 58.1 Å². The van der Waals surface area contributed by atoms with Crippen molar-refractivity contribution in [2.24, 2.45) is 0 Å². The zero-order chi connectivity index (χ0) is 14.1. The lowest BCUT2D eigenvalue weighted by molar-refractivity contribution is 0.199. The van der Waals surface area contributed by atoms with Crippen LogP contribution in [0.3, 0.4) is 0 Å². The van der Waals surface area contributed by atoms with Crippen molar-refractivity contribution in [2.45, 2.75) is 26.0 Å². The van der Waals surface area contributed by atoms with Crippen LogP contribution in [-0.4, -0.2) is 11.7 Å². The van der Waals surface area contributed by atoms with Gasteiger partial charge in [0.15, 0.2) is 0 Å². The van der Waals surface area contributed by atoms with Gasteiger partial charge in [0.2, 0.25) is 0 Å². The van der Waals surface area contributed by atoms with Gasteiger partial charge in [0.05, 0.1) is 11.8 Å². The molecular formula is C17H18BrNO. The topological polar surface area (TPSA) is 23.5 Å². The van der Waals surface area contributed by atoms with E-state index < -0.39 is 6.10 Å². The quantitative estimate of drug-likeness (QED) is 0.896. The van der Waals surface area contributed by atoms with Crippen LogP contribution in [0.25, 0.3) is 0 Å². The highest BCUT2D eigenvalue weighted by Crippen LogP contribution is 2.32. The average Bonchev–Trinajstić information content (AvgIpc) is 2.46. The molecule has 20 heavy (non-hydrogen) atoms. The molecule has 0 unspecified atom stereocenters. The van der Waals surface area contributed by atoms with Crippen molar-refractivity contribution in [3.05, 3.63) is 63.6 Å². The van der Waals surface area contributed by atoms with Crippen LogP contribution in [0.2, 0.25) is 0 Å².